The number of nitrogens with zero attached hydrogens (tertiary/aromatic N) is 1. The number of halogens is 3. The summed E-state index contributed by atoms with van der Waals surface area (Å²) in [7, 11) is 0. The largest absolute Gasteiger partial charge is 0.493 e. The second-order valence-corrected chi connectivity index (χ2v) is 9.23. The van der Waals surface area contributed by atoms with Gasteiger partial charge in [0.2, 0.25) is 0 Å². The monoisotopic (exact) mass is 479 g/mol. The van der Waals surface area contributed by atoms with Crippen LogP contribution in [-0.2, 0) is 22.4 Å². The summed E-state index contributed by atoms with van der Waals surface area (Å²) in [6.45, 7) is 5.90. The van der Waals surface area contributed by atoms with Gasteiger partial charge in [-0.25, -0.2) is 0 Å². The van der Waals surface area contributed by atoms with E-state index in [1.807, 2.05) is 12.1 Å². The minimum absolute atomic E-state index is 0.343. The highest BCUT2D eigenvalue weighted by Crippen LogP contribution is 2.37. The first-order valence-electron chi connectivity index (χ1n) is 11.0. The normalized spacial score (nSPS) is 12.8. The smallest absolute Gasteiger partial charge is 0.398 e. The summed E-state index contributed by atoms with van der Waals surface area (Å²) in [5, 5.41) is 0.988. The molecular weight excluding hydrogens is 451 g/mol. The zero-order valence-electron chi connectivity index (χ0n) is 19.2. The number of alkyl halides is 3. The first-order valence-corrected chi connectivity index (χ1v) is 11.8. The van der Waals surface area contributed by atoms with Gasteiger partial charge in [-0.1, -0.05) is 27.7 Å². The topological polar surface area (TPSA) is 48.4 Å². The lowest BCUT2D eigenvalue weighted by Gasteiger charge is -2.21. The van der Waals surface area contributed by atoms with Crippen molar-refractivity contribution in [3.05, 3.63) is 47.8 Å². The molecule has 0 aliphatic carbocycles. The molecule has 3 aromatic rings. The second-order valence-electron chi connectivity index (χ2n) is 8.15. The molecule has 1 atom stereocenters. The molecular formula is C25H28F3NO3S. The van der Waals surface area contributed by atoms with Crippen molar-refractivity contribution in [2.24, 2.45) is 11.8 Å². The van der Waals surface area contributed by atoms with Crippen LogP contribution in [-0.4, -0.2) is 30.3 Å². The number of hydrogen-bond donors (Lipinski definition) is 0. The van der Waals surface area contributed by atoms with Gasteiger partial charge in [-0.15, -0.1) is 11.3 Å². The van der Waals surface area contributed by atoms with E-state index in [9.17, 15) is 18.0 Å². The lowest BCUT2D eigenvalue weighted by atomic mass is 10.1. The molecule has 0 amide bonds. The Kier molecular flexibility index (Phi) is 8.00. The number of carbonyl (C=O) groups is 1. The zero-order valence-corrected chi connectivity index (χ0v) is 20.0. The molecule has 3 rings (SSSR count). The Labute approximate surface area is 195 Å². The molecule has 8 heteroatoms. The van der Waals surface area contributed by atoms with Crippen LogP contribution < -0.4 is 4.74 Å². The zero-order chi connectivity index (χ0) is 24.2. The van der Waals surface area contributed by atoms with E-state index >= 15 is 0 Å². The number of hydrogen-bond acceptors (Lipinski definition) is 5. The van der Waals surface area contributed by atoms with E-state index in [0.29, 0.717) is 5.75 Å². The Balaban J connectivity index is 1.77. The Bertz CT molecular complexity index is 1110. The molecule has 0 aliphatic heterocycles. The predicted octanol–water partition coefficient (Wildman–Crippen LogP) is 6.84. The van der Waals surface area contributed by atoms with Crippen molar-refractivity contribution >= 4 is 27.4 Å². The van der Waals surface area contributed by atoms with E-state index in [4.69, 9.17) is 14.5 Å². The van der Waals surface area contributed by atoms with Gasteiger partial charge in [-0.2, -0.15) is 13.2 Å². The van der Waals surface area contributed by atoms with E-state index < -0.39 is 37.2 Å². The lowest BCUT2D eigenvalue weighted by Crippen LogP contribution is -2.34. The predicted molar refractivity (Wildman–Crippen MR) is 125 cm³/mol. The first kappa shape index (κ1) is 25.0. The van der Waals surface area contributed by atoms with Gasteiger partial charge in [0.15, 0.2) is 0 Å². The summed E-state index contributed by atoms with van der Waals surface area (Å²) in [4.78, 5) is 17.3. The third kappa shape index (κ3) is 6.25. The number of benzene rings is 1. The molecule has 0 spiro atoms. The number of carbonyl (C=O) groups excluding carboxylic acids is 1. The molecule has 2 aromatic heterocycles. The maximum Gasteiger partial charge on any atom is 0.398 e. The molecule has 33 heavy (non-hydrogen) atoms. The van der Waals surface area contributed by atoms with Crippen molar-refractivity contribution in [3.8, 4) is 16.2 Å². The number of esters is 1. The number of pyridine rings is 1. The molecule has 0 fully saturated rings. The first-order chi connectivity index (χ1) is 15.6. The summed E-state index contributed by atoms with van der Waals surface area (Å²) < 4.78 is 51.3. The fourth-order valence-electron chi connectivity index (χ4n) is 3.25. The van der Waals surface area contributed by atoms with E-state index in [-0.39, 0.29) is 0 Å². The summed E-state index contributed by atoms with van der Waals surface area (Å²) in [5.74, 6) is -2.71. The lowest BCUT2D eigenvalue weighted by molar-refractivity contribution is -0.197. The molecule has 1 aromatic carbocycles. The SMILES string of the molecule is CCc1ccc(-c2cc3ccc(OCC(COC(=O)C(C)C)C(F)(F)F)cc3s2)c(CC)n1. The van der Waals surface area contributed by atoms with Crippen LogP contribution >= 0.6 is 11.3 Å². The van der Waals surface area contributed by atoms with Gasteiger partial charge in [-0.05, 0) is 54.6 Å². The maximum atomic E-state index is 13.4. The molecule has 0 radical (unpaired) electrons. The van der Waals surface area contributed by atoms with E-state index in [2.05, 4.69) is 26.0 Å². The van der Waals surface area contributed by atoms with Gasteiger partial charge < -0.3 is 9.47 Å². The molecule has 0 saturated heterocycles. The van der Waals surface area contributed by atoms with Crippen LogP contribution in [0.3, 0.4) is 0 Å². The van der Waals surface area contributed by atoms with Crippen LogP contribution in [0.4, 0.5) is 13.2 Å². The fourth-order valence-corrected chi connectivity index (χ4v) is 4.39. The van der Waals surface area contributed by atoms with Crippen LogP contribution in [0.2, 0.25) is 0 Å². The third-order valence-electron chi connectivity index (χ3n) is 5.30. The minimum Gasteiger partial charge on any atom is -0.493 e. The third-order valence-corrected chi connectivity index (χ3v) is 6.43. The molecule has 178 valence electrons. The molecule has 0 aliphatic rings. The highest BCUT2D eigenvalue weighted by molar-refractivity contribution is 7.22. The van der Waals surface area contributed by atoms with Gasteiger partial charge >= 0.3 is 12.1 Å². The van der Waals surface area contributed by atoms with Gasteiger partial charge in [0.25, 0.3) is 0 Å². The fraction of sp³-hybridized carbons (Fsp3) is 0.440. The van der Waals surface area contributed by atoms with Crippen molar-refractivity contribution in [1.29, 1.82) is 0 Å². The van der Waals surface area contributed by atoms with Crippen LogP contribution in [0.25, 0.3) is 20.5 Å². The van der Waals surface area contributed by atoms with Crippen LogP contribution in [0.5, 0.6) is 5.75 Å². The standard InChI is InChI=1S/C25H28F3NO3S/c1-5-18-8-10-20(21(6-2)29-18)23-11-16-7-9-19(12-22(16)33-23)31-13-17(25(26,27)28)14-32-24(30)15(3)4/h7-12,15,17H,5-6,13-14H2,1-4H3. The van der Waals surface area contributed by atoms with Crippen molar-refractivity contribution in [1.82, 2.24) is 4.98 Å². The van der Waals surface area contributed by atoms with Crippen molar-refractivity contribution in [2.45, 2.75) is 46.7 Å². The number of rotatable bonds is 9. The molecule has 1 unspecified atom stereocenters. The van der Waals surface area contributed by atoms with Gasteiger partial charge in [0.05, 0.1) is 5.92 Å². The number of thiophene rings is 1. The second kappa shape index (κ2) is 10.5. The summed E-state index contributed by atoms with van der Waals surface area (Å²) in [6, 6.07) is 11.4. The van der Waals surface area contributed by atoms with E-state index in [1.54, 1.807) is 37.3 Å². The number of ether oxygens (including phenoxy) is 2. The Morgan fingerprint density at radius 2 is 1.82 bits per heavy atom. The quantitative estimate of drug-likeness (QED) is 0.315. The highest BCUT2D eigenvalue weighted by Gasteiger charge is 2.41. The van der Waals surface area contributed by atoms with Crippen LogP contribution in [0.15, 0.2) is 36.4 Å². The van der Waals surface area contributed by atoms with Gasteiger partial charge in [0, 0.05) is 26.5 Å². The molecule has 4 nitrogen and oxygen atoms in total. The van der Waals surface area contributed by atoms with Crippen molar-refractivity contribution in [2.75, 3.05) is 13.2 Å². The number of aryl methyl sites for hydroxylation is 2. The summed E-state index contributed by atoms with van der Waals surface area (Å²) >= 11 is 1.55. The van der Waals surface area contributed by atoms with Gasteiger partial charge in [-0.3, -0.25) is 9.78 Å². The van der Waals surface area contributed by atoms with Crippen LogP contribution in [0.1, 0.15) is 39.1 Å². The number of fused-ring (bicyclic) bond motifs is 1. The Hall–Kier alpha value is -2.61. The average Bonchev–Trinajstić information content (AvgIpc) is 3.20. The molecule has 2 heterocycles. The minimum atomic E-state index is -4.54. The molecule has 0 bridgehead atoms. The van der Waals surface area contributed by atoms with Crippen LogP contribution in [0, 0.1) is 11.8 Å². The van der Waals surface area contributed by atoms with Gasteiger partial charge in [0.1, 0.15) is 24.9 Å². The molecule has 0 N–H and O–H groups in total. The van der Waals surface area contributed by atoms with E-state index in [1.165, 1.54) is 0 Å². The van der Waals surface area contributed by atoms with Crippen molar-refractivity contribution in [3.63, 3.8) is 0 Å². The molecule has 0 saturated carbocycles. The van der Waals surface area contributed by atoms with Crippen molar-refractivity contribution < 1.29 is 27.4 Å². The number of aromatic nitrogens is 1. The maximum absolute atomic E-state index is 13.4. The Morgan fingerprint density at radius 3 is 2.45 bits per heavy atom. The van der Waals surface area contributed by atoms with E-state index in [0.717, 1.165) is 44.8 Å². The average molecular weight is 480 g/mol. The summed E-state index contributed by atoms with van der Waals surface area (Å²) in [6.07, 6.45) is -2.85. The summed E-state index contributed by atoms with van der Waals surface area (Å²) in [5.41, 5.74) is 3.15. The Morgan fingerprint density at radius 1 is 1.06 bits per heavy atom. The highest BCUT2D eigenvalue weighted by atomic mass is 32.1.